The Bertz CT molecular complexity index is 490. The SMILES string of the molecule is O=[C]N[C@H]1CCCCN(C(=O)Nc2ccccc2)C1=O. The fraction of sp³-hybridized carbons (Fsp3) is 0.357. The molecule has 1 atom stereocenters. The quantitative estimate of drug-likeness (QED) is 0.814. The summed E-state index contributed by atoms with van der Waals surface area (Å²) in [6.07, 6.45) is 3.56. The molecular formula is C14H16N3O3. The summed E-state index contributed by atoms with van der Waals surface area (Å²) in [4.78, 5) is 35.9. The highest BCUT2D eigenvalue weighted by Crippen LogP contribution is 2.14. The molecule has 105 valence electrons. The first-order chi connectivity index (χ1) is 9.72. The van der Waals surface area contributed by atoms with Crippen molar-refractivity contribution >= 4 is 24.0 Å². The normalized spacial score (nSPS) is 19.1. The molecule has 1 aliphatic rings. The zero-order chi connectivity index (χ0) is 14.4. The summed E-state index contributed by atoms with van der Waals surface area (Å²) in [6.45, 7) is 0.356. The Kier molecular flexibility index (Phi) is 4.70. The number of rotatable bonds is 3. The zero-order valence-electron chi connectivity index (χ0n) is 11.0. The van der Waals surface area contributed by atoms with Gasteiger partial charge in [-0.15, -0.1) is 0 Å². The third-order valence-corrected chi connectivity index (χ3v) is 3.19. The maximum atomic E-state index is 12.2. The number of carbonyl (C=O) groups excluding carboxylic acids is 3. The van der Waals surface area contributed by atoms with Gasteiger partial charge in [0.15, 0.2) is 0 Å². The number of likely N-dealkylation sites (tertiary alicyclic amines) is 1. The Morgan fingerprint density at radius 1 is 1.25 bits per heavy atom. The monoisotopic (exact) mass is 274 g/mol. The number of para-hydroxylation sites is 1. The number of hydrogen-bond acceptors (Lipinski definition) is 3. The lowest BCUT2D eigenvalue weighted by Gasteiger charge is -2.22. The van der Waals surface area contributed by atoms with Crippen molar-refractivity contribution < 1.29 is 14.4 Å². The third kappa shape index (κ3) is 3.34. The van der Waals surface area contributed by atoms with Gasteiger partial charge in [0.2, 0.25) is 0 Å². The summed E-state index contributed by atoms with van der Waals surface area (Å²) in [5, 5.41) is 5.02. The number of amides is 4. The molecule has 0 saturated carbocycles. The van der Waals surface area contributed by atoms with Gasteiger partial charge in [0, 0.05) is 12.2 Å². The van der Waals surface area contributed by atoms with Gasteiger partial charge in [-0.25, -0.2) is 4.79 Å². The highest BCUT2D eigenvalue weighted by Gasteiger charge is 2.30. The van der Waals surface area contributed by atoms with Gasteiger partial charge in [0.25, 0.3) is 5.91 Å². The average Bonchev–Trinajstić information content (AvgIpc) is 2.63. The van der Waals surface area contributed by atoms with E-state index in [1.807, 2.05) is 6.07 Å². The average molecular weight is 274 g/mol. The molecule has 0 spiro atoms. The number of urea groups is 1. The van der Waals surface area contributed by atoms with Crippen LogP contribution >= 0.6 is 0 Å². The number of carbonyl (C=O) groups is 2. The number of anilines is 1. The van der Waals surface area contributed by atoms with Crippen molar-refractivity contribution in [1.82, 2.24) is 10.2 Å². The maximum Gasteiger partial charge on any atom is 0.328 e. The predicted octanol–water partition coefficient (Wildman–Crippen LogP) is 1.26. The highest BCUT2D eigenvalue weighted by molar-refractivity contribution is 6.03. The molecule has 6 heteroatoms. The topological polar surface area (TPSA) is 78.5 Å². The van der Waals surface area contributed by atoms with Crippen molar-refractivity contribution in [3.63, 3.8) is 0 Å². The first-order valence-corrected chi connectivity index (χ1v) is 6.52. The Labute approximate surface area is 117 Å². The van der Waals surface area contributed by atoms with Crippen LogP contribution in [0.1, 0.15) is 19.3 Å². The molecule has 2 rings (SSSR count). The molecule has 1 saturated heterocycles. The summed E-state index contributed by atoms with van der Waals surface area (Å²) in [7, 11) is 0. The van der Waals surface area contributed by atoms with Crippen LogP contribution in [-0.4, -0.2) is 35.8 Å². The highest BCUT2D eigenvalue weighted by atomic mass is 16.2. The van der Waals surface area contributed by atoms with Crippen molar-refractivity contribution in [2.45, 2.75) is 25.3 Å². The van der Waals surface area contributed by atoms with E-state index in [0.29, 0.717) is 18.7 Å². The van der Waals surface area contributed by atoms with Gasteiger partial charge in [-0.3, -0.25) is 14.5 Å². The van der Waals surface area contributed by atoms with Crippen molar-refractivity contribution in [2.75, 3.05) is 11.9 Å². The largest absolute Gasteiger partial charge is 0.336 e. The molecule has 2 N–H and O–H groups in total. The van der Waals surface area contributed by atoms with E-state index in [9.17, 15) is 14.4 Å². The third-order valence-electron chi connectivity index (χ3n) is 3.19. The van der Waals surface area contributed by atoms with Crippen LogP contribution in [0.4, 0.5) is 10.5 Å². The van der Waals surface area contributed by atoms with Crippen molar-refractivity contribution in [1.29, 1.82) is 0 Å². The minimum absolute atomic E-state index is 0.356. The summed E-state index contributed by atoms with van der Waals surface area (Å²) >= 11 is 0. The first kappa shape index (κ1) is 14.0. The lowest BCUT2D eigenvalue weighted by Crippen LogP contribution is -2.48. The lowest BCUT2D eigenvalue weighted by atomic mass is 10.1. The van der Waals surface area contributed by atoms with Crippen LogP contribution in [0, 0.1) is 0 Å². The maximum absolute atomic E-state index is 12.2. The van der Waals surface area contributed by atoms with Gasteiger partial charge in [-0.2, -0.15) is 0 Å². The van der Waals surface area contributed by atoms with Crippen molar-refractivity contribution in [3.8, 4) is 0 Å². The summed E-state index contributed by atoms with van der Waals surface area (Å²) in [6, 6.07) is 7.78. The molecule has 0 unspecified atom stereocenters. The van der Waals surface area contributed by atoms with Crippen molar-refractivity contribution in [2.24, 2.45) is 0 Å². The number of nitrogens with one attached hydrogen (secondary N) is 2. The van der Waals surface area contributed by atoms with Gasteiger partial charge in [-0.1, -0.05) is 18.2 Å². The molecule has 0 bridgehead atoms. The number of nitrogens with zero attached hydrogens (tertiary/aromatic N) is 1. The molecule has 0 aromatic heterocycles. The van der Waals surface area contributed by atoms with Gasteiger partial charge < -0.3 is 10.6 Å². The van der Waals surface area contributed by atoms with E-state index in [0.717, 1.165) is 17.7 Å². The van der Waals surface area contributed by atoms with E-state index in [1.165, 1.54) is 6.41 Å². The van der Waals surface area contributed by atoms with Crippen LogP contribution in [0.15, 0.2) is 30.3 Å². The summed E-state index contributed by atoms with van der Waals surface area (Å²) in [5.74, 6) is -0.390. The minimum Gasteiger partial charge on any atom is -0.336 e. The van der Waals surface area contributed by atoms with Crippen LogP contribution in [-0.2, 0) is 9.59 Å². The molecule has 1 fully saturated rings. The second-order valence-electron chi connectivity index (χ2n) is 4.58. The molecule has 1 heterocycles. The van der Waals surface area contributed by atoms with E-state index in [4.69, 9.17) is 0 Å². The van der Waals surface area contributed by atoms with E-state index in [2.05, 4.69) is 10.6 Å². The molecule has 1 aromatic carbocycles. The predicted molar refractivity (Wildman–Crippen MR) is 73.6 cm³/mol. The first-order valence-electron chi connectivity index (χ1n) is 6.52. The Morgan fingerprint density at radius 3 is 2.70 bits per heavy atom. The molecule has 0 aliphatic carbocycles. The van der Waals surface area contributed by atoms with E-state index in [-0.39, 0.29) is 5.91 Å². The number of benzene rings is 1. The standard InChI is InChI=1S/C14H16N3O3/c18-10-15-12-8-4-5-9-17(13(12)19)14(20)16-11-6-2-1-3-7-11/h1-3,6-7,12H,4-5,8-9H2,(H,15,18)(H,16,20)/t12-/m0/s1. The molecule has 6 nitrogen and oxygen atoms in total. The van der Waals surface area contributed by atoms with Gasteiger partial charge in [0.1, 0.15) is 6.04 Å². The number of imide groups is 1. The van der Waals surface area contributed by atoms with E-state index < -0.39 is 12.1 Å². The zero-order valence-corrected chi connectivity index (χ0v) is 11.0. The molecule has 4 amide bonds. The molecule has 1 radical (unpaired) electrons. The molecule has 1 aliphatic heterocycles. The second kappa shape index (κ2) is 6.70. The Balaban J connectivity index is 2.07. The minimum atomic E-state index is -0.670. The van der Waals surface area contributed by atoms with Crippen LogP contribution < -0.4 is 10.6 Å². The van der Waals surface area contributed by atoms with Gasteiger partial charge in [-0.05, 0) is 31.4 Å². The summed E-state index contributed by atoms with van der Waals surface area (Å²) in [5.41, 5.74) is 0.626. The fourth-order valence-electron chi connectivity index (χ4n) is 2.16. The molecule has 1 aromatic rings. The lowest BCUT2D eigenvalue weighted by molar-refractivity contribution is -0.129. The van der Waals surface area contributed by atoms with Crippen LogP contribution in [0.25, 0.3) is 0 Å². The van der Waals surface area contributed by atoms with E-state index >= 15 is 0 Å². The second-order valence-corrected chi connectivity index (χ2v) is 4.58. The smallest absolute Gasteiger partial charge is 0.328 e. The Morgan fingerprint density at radius 2 is 2.00 bits per heavy atom. The Hall–Kier alpha value is -2.37. The van der Waals surface area contributed by atoms with Crippen molar-refractivity contribution in [3.05, 3.63) is 30.3 Å². The fourth-order valence-corrected chi connectivity index (χ4v) is 2.16. The van der Waals surface area contributed by atoms with Crippen LogP contribution in [0.5, 0.6) is 0 Å². The molecular weight excluding hydrogens is 258 g/mol. The van der Waals surface area contributed by atoms with Gasteiger partial charge in [0.05, 0.1) is 0 Å². The van der Waals surface area contributed by atoms with Crippen LogP contribution in [0.2, 0.25) is 0 Å². The van der Waals surface area contributed by atoms with E-state index in [1.54, 1.807) is 24.3 Å². The molecule has 20 heavy (non-hydrogen) atoms. The summed E-state index contributed by atoms with van der Waals surface area (Å²) < 4.78 is 0. The number of hydrogen-bond donors (Lipinski definition) is 2. The van der Waals surface area contributed by atoms with Crippen LogP contribution in [0.3, 0.4) is 0 Å². The van der Waals surface area contributed by atoms with Gasteiger partial charge >= 0.3 is 12.4 Å².